The fourth-order valence-electron chi connectivity index (χ4n) is 8.42. The highest BCUT2D eigenvalue weighted by atomic mass is 15.2. The van der Waals surface area contributed by atoms with Gasteiger partial charge in [-0.2, -0.15) is 9.97 Å². The van der Waals surface area contributed by atoms with E-state index in [1.165, 1.54) is 0 Å². The van der Waals surface area contributed by atoms with Crippen molar-refractivity contribution in [3.8, 4) is 51.2 Å². The lowest BCUT2D eigenvalue weighted by Crippen LogP contribution is -2.06. The van der Waals surface area contributed by atoms with Crippen LogP contribution in [0.4, 0.5) is 0 Å². The van der Waals surface area contributed by atoms with Gasteiger partial charge in [-0.1, -0.05) is 121 Å². The maximum absolute atomic E-state index is 5.27. The number of hydrogen-bond donors (Lipinski definition) is 0. The van der Waals surface area contributed by atoms with Gasteiger partial charge < -0.3 is 0 Å². The molecule has 0 aliphatic heterocycles. The molecule has 0 spiro atoms. The number of para-hydroxylation sites is 3. The fourth-order valence-corrected chi connectivity index (χ4v) is 8.42. The molecule has 6 aromatic carbocycles. The van der Waals surface area contributed by atoms with Crippen molar-refractivity contribution in [2.75, 3.05) is 0 Å². The maximum Gasteiger partial charge on any atom is 0.238 e. The molecule has 0 radical (unpaired) electrons. The zero-order chi connectivity index (χ0) is 38.2. The smallest absolute Gasteiger partial charge is 0.238 e. The average molecular weight is 743 g/mol. The lowest BCUT2D eigenvalue weighted by atomic mass is 10.0. The Bertz CT molecular complexity index is 3440. The van der Waals surface area contributed by atoms with Gasteiger partial charge in [0.15, 0.2) is 11.6 Å². The molecular weight excluding hydrogens is 713 g/mol. The van der Waals surface area contributed by atoms with E-state index < -0.39 is 0 Å². The van der Waals surface area contributed by atoms with E-state index in [4.69, 9.17) is 19.9 Å². The molecule has 12 rings (SSSR count). The Hall–Kier alpha value is -8.10. The second-order valence-corrected chi connectivity index (χ2v) is 14.4. The van der Waals surface area contributed by atoms with Gasteiger partial charge in [0.1, 0.15) is 5.65 Å². The monoisotopic (exact) mass is 742 g/mol. The summed E-state index contributed by atoms with van der Waals surface area (Å²) in [5.41, 5.74) is 11.6. The highest BCUT2D eigenvalue weighted by molar-refractivity contribution is 6.26. The number of pyridine rings is 3. The van der Waals surface area contributed by atoms with Gasteiger partial charge in [-0.25, -0.2) is 9.97 Å². The first-order valence-electron chi connectivity index (χ1n) is 19.2. The molecule has 6 heterocycles. The zero-order valence-corrected chi connectivity index (χ0v) is 30.9. The van der Waals surface area contributed by atoms with Crippen LogP contribution >= 0.6 is 0 Å². The van der Waals surface area contributed by atoms with Gasteiger partial charge in [0.25, 0.3) is 0 Å². The van der Waals surface area contributed by atoms with Crippen LogP contribution in [-0.2, 0) is 0 Å². The van der Waals surface area contributed by atoms with Crippen molar-refractivity contribution in [3.63, 3.8) is 0 Å². The summed E-state index contributed by atoms with van der Waals surface area (Å²) in [7, 11) is 0. The Balaban J connectivity index is 1.14. The van der Waals surface area contributed by atoms with Gasteiger partial charge >= 0.3 is 0 Å². The molecule has 58 heavy (non-hydrogen) atoms. The molecule has 0 saturated heterocycles. The largest absolute Gasteiger partial charge is 0.291 e. The molecule has 0 aliphatic rings. The van der Waals surface area contributed by atoms with Crippen LogP contribution in [0.15, 0.2) is 182 Å². The number of benzene rings is 6. The summed E-state index contributed by atoms with van der Waals surface area (Å²) in [6, 6.07) is 58.3. The quantitative estimate of drug-likeness (QED) is 0.163. The van der Waals surface area contributed by atoms with Crippen LogP contribution < -0.4 is 0 Å². The Morgan fingerprint density at radius 2 is 0.914 bits per heavy atom. The van der Waals surface area contributed by atoms with Crippen molar-refractivity contribution in [1.29, 1.82) is 0 Å². The third kappa shape index (κ3) is 4.95. The van der Waals surface area contributed by atoms with Crippen molar-refractivity contribution < 1.29 is 0 Å². The lowest BCUT2D eigenvalue weighted by Gasteiger charge is -2.13. The Morgan fingerprint density at radius 1 is 0.362 bits per heavy atom. The number of fused-ring (bicyclic) bond motifs is 12. The van der Waals surface area contributed by atoms with E-state index in [0.717, 1.165) is 93.8 Å². The molecule has 0 atom stereocenters. The number of imidazole rings is 1. The van der Waals surface area contributed by atoms with Crippen molar-refractivity contribution >= 4 is 60.2 Å². The third-order valence-corrected chi connectivity index (χ3v) is 11.1. The predicted octanol–water partition coefficient (Wildman–Crippen LogP) is 11.5. The lowest BCUT2D eigenvalue weighted by molar-refractivity contribution is 0.953. The van der Waals surface area contributed by atoms with Gasteiger partial charge in [-0.05, 0) is 53.9 Å². The molecule has 8 nitrogen and oxygen atoms in total. The summed E-state index contributed by atoms with van der Waals surface area (Å²) < 4.78 is 4.52. The van der Waals surface area contributed by atoms with E-state index in [9.17, 15) is 0 Å². The van der Waals surface area contributed by atoms with Crippen LogP contribution in [0.5, 0.6) is 0 Å². The normalized spacial score (nSPS) is 11.8. The number of rotatable bonds is 5. The Labute approximate surface area is 331 Å². The first-order chi connectivity index (χ1) is 28.8. The van der Waals surface area contributed by atoms with Crippen LogP contribution in [0.25, 0.3) is 111 Å². The standard InChI is InChI=1S/C50H30N8/c1-2-12-37-35(11-1)36-27-28-44-45(46(36)58-43-18-6-4-16-41(43)53-49(37)58)38-13-3-5-17-42(38)57(44)50-55-47(33-23-19-31(20-24-33)39-14-7-9-29-51-39)54-48(56-50)34-25-21-32(22-26-34)40-15-8-10-30-52-40/h1-30H. The Morgan fingerprint density at radius 3 is 1.55 bits per heavy atom. The molecule has 0 bridgehead atoms. The second-order valence-electron chi connectivity index (χ2n) is 14.4. The molecule has 0 saturated carbocycles. The minimum atomic E-state index is 0.528. The van der Waals surface area contributed by atoms with Gasteiger partial charge in [0.2, 0.25) is 5.95 Å². The molecule has 0 fully saturated rings. The van der Waals surface area contributed by atoms with Crippen LogP contribution in [0.2, 0.25) is 0 Å². The van der Waals surface area contributed by atoms with Crippen molar-refractivity contribution in [2.45, 2.75) is 0 Å². The van der Waals surface area contributed by atoms with E-state index >= 15 is 0 Å². The molecule has 0 N–H and O–H groups in total. The van der Waals surface area contributed by atoms with E-state index in [1.807, 2.05) is 48.8 Å². The molecule has 0 unspecified atom stereocenters. The number of hydrogen-bond acceptors (Lipinski definition) is 6. The highest BCUT2D eigenvalue weighted by Gasteiger charge is 2.23. The maximum atomic E-state index is 5.27. The summed E-state index contributed by atoms with van der Waals surface area (Å²) in [6.45, 7) is 0. The number of aromatic nitrogens is 8. The van der Waals surface area contributed by atoms with Crippen LogP contribution in [0.3, 0.4) is 0 Å². The molecule has 270 valence electrons. The predicted molar refractivity (Wildman–Crippen MR) is 233 cm³/mol. The summed E-state index contributed by atoms with van der Waals surface area (Å²) in [6.07, 6.45) is 3.62. The van der Waals surface area contributed by atoms with Gasteiger partial charge in [0.05, 0.1) is 39.0 Å². The topological polar surface area (TPSA) is 86.7 Å². The molecule has 6 aromatic heterocycles. The SMILES string of the molecule is c1ccc(-c2ccc(-c3nc(-c4ccc(-c5ccccn5)cc4)nc(-n4c5ccccc5c5c4ccc4c6ccccc6c6nc7ccccc7n6c45)n3)cc2)nc1. The van der Waals surface area contributed by atoms with Crippen molar-refractivity contribution in [1.82, 2.24) is 38.9 Å². The molecular formula is C50H30N8. The van der Waals surface area contributed by atoms with Crippen LogP contribution in [0.1, 0.15) is 0 Å². The summed E-state index contributed by atoms with van der Waals surface area (Å²) in [4.78, 5) is 30.0. The molecule has 0 aliphatic carbocycles. The van der Waals surface area contributed by atoms with Gasteiger partial charge in [-0.15, -0.1) is 0 Å². The fraction of sp³-hybridized carbons (Fsp3) is 0. The summed E-state index contributed by atoms with van der Waals surface area (Å²) in [5.74, 6) is 1.67. The molecule has 0 amide bonds. The summed E-state index contributed by atoms with van der Waals surface area (Å²) in [5, 5.41) is 5.63. The second kappa shape index (κ2) is 12.7. The zero-order valence-electron chi connectivity index (χ0n) is 30.9. The third-order valence-electron chi connectivity index (χ3n) is 11.1. The first kappa shape index (κ1) is 32.2. The average Bonchev–Trinajstić information content (AvgIpc) is 3.86. The van der Waals surface area contributed by atoms with Crippen molar-refractivity contribution in [2.24, 2.45) is 0 Å². The highest BCUT2D eigenvalue weighted by Crippen LogP contribution is 2.41. The molecule has 12 aromatic rings. The summed E-state index contributed by atoms with van der Waals surface area (Å²) >= 11 is 0. The van der Waals surface area contributed by atoms with Crippen LogP contribution in [0, 0.1) is 0 Å². The van der Waals surface area contributed by atoms with E-state index in [1.54, 1.807) is 0 Å². The van der Waals surface area contributed by atoms with E-state index in [-0.39, 0.29) is 0 Å². The molecule has 8 heteroatoms. The minimum Gasteiger partial charge on any atom is -0.291 e. The minimum absolute atomic E-state index is 0.528. The van der Waals surface area contributed by atoms with Gasteiger partial charge in [0, 0.05) is 56.2 Å². The van der Waals surface area contributed by atoms with Gasteiger partial charge in [-0.3, -0.25) is 18.9 Å². The van der Waals surface area contributed by atoms with E-state index in [2.05, 4.69) is 152 Å². The van der Waals surface area contributed by atoms with Crippen molar-refractivity contribution in [3.05, 3.63) is 182 Å². The van der Waals surface area contributed by atoms with Crippen LogP contribution in [-0.4, -0.2) is 38.9 Å². The van der Waals surface area contributed by atoms with E-state index in [0.29, 0.717) is 17.6 Å². The number of nitrogens with zero attached hydrogens (tertiary/aromatic N) is 8. The Kier molecular flexibility index (Phi) is 7.06. The first-order valence-corrected chi connectivity index (χ1v) is 19.2.